The third-order valence-corrected chi connectivity index (χ3v) is 11.6. The molecule has 4 aromatic carbocycles. The largest absolute Gasteiger partial charge is 0.440 e. The summed E-state index contributed by atoms with van der Waals surface area (Å²) in [7, 11) is 0. The van der Waals surface area contributed by atoms with Crippen LogP contribution in [0.5, 0.6) is 23.3 Å². The molecule has 0 saturated heterocycles. The van der Waals surface area contributed by atoms with Crippen molar-refractivity contribution in [2.24, 2.45) is 0 Å². The van der Waals surface area contributed by atoms with Crippen LogP contribution in [0.15, 0.2) is 79.1 Å². The van der Waals surface area contributed by atoms with Crippen molar-refractivity contribution in [1.29, 1.82) is 0 Å². The van der Waals surface area contributed by atoms with Crippen LogP contribution in [0.2, 0.25) is 0 Å². The van der Waals surface area contributed by atoms with E-state index < -0.39 is 0 Å². The summed E-state index contributed by atoms with van der Waals surface area (Å²) in [5.74, 6) is 3.20. The highest BCUT2D eigenvalue weighted by molar-refractivity contribution is 6.98. The summed E-state index contributed by atoms with van der Waals surface area (Å²) in [6.45, 7) is 14.2. The van der Waals surface area contributed by atoms with Crippen LogP contribution in [0.1, 0.15) is 89.5 Å². The van der Waals surface area contributed by atoms with E-state index in [0.29, 0.717) is 11.8 Å². The van der Waals surface area contributed by atoms with E-state index in [1.54, 1.807) is 6.33 Å². The molecule has 4 aliphatic rings. The van der Waals surface area contributed by atoms with E-state index >= 15 is 0 Å². The summed E-state index contributed by atoms with van der Waals surface area (Å²) in [6.07, 6.45) is 7.15. The minimum Gasteiger partial charge on any atom is -0.440 e. The van der Waals surface area contributed by atoms with E-state index in [-0.39, 0.29) is 23.0 Å². The molecule has 47 heavy (non-hydrogen) atoms. The lowest BCUT2D eigenvalue weighted by Crippen LogP contribution is -2.59. The predicted molar refractivity (Wildman–Crippen MR) is 192 cm³/mol. The first-order valence-electron chi connectivity index (χ1n) is 17.3. The molecule has 2 aliphatic carbocycles. The Hall–Kier alpha value is -4.38. The number of hydrogen-bond acceptors (Lipinski definition) is 4. The molecule has 0 N–H and O–H groups in total. The molecule has 0 atom stereocenters. The van der Waals surface area contributed by atoms with Crippen LogP contribution in [0.3, 0.4) is 0 Å². The Balaban J connectivity index is 1.42. The first-order valence-corrected chi connectivity index (χ1v) is 17.3. The Kier molecular flexibility index (Phi) is 6.02. The Morgan fingerprint density at radius 3 is 1.72 bits per heavy atom. The number of fused-ring (bicyclic) bond motifs is 8. The van der Waals surface area contributed by atoms with Crippen LogP contribution < -0.4 is 25.9 Å². The number of nitrogens with zero attached hydrogens (tertiary/aromatic N) is 2. The Morgan fingerprint density at radius 1 is 0.596 bits per heavy atom. The van der Waals surface area contributed by atoms with Crippen molar-refractivity contribution in [2.45, 2.75) is 89.9 Å². The molecular weight excluding hydrogens is 575 g/mol. The van der Waals surface area contributed by atoms with E-state index in [1.807, 2.05) is 0 Å². The smallest absolute Gasteiger partial charge is 0.265 e. The van der Waals surface area contributed by atoms with Gasteiger partial charge in [-0.25, -0.2) is 9.97 Å². The van der Waals surface area contributed by atoms with E-state index in [2.05, 4.69) is 114 Å². The molecule has 0 fully saturated rings. The van der Waals surface area contributed by atoms with Crippen molar-refractivity contribution >= 4 is 23.1 Å². The number of aromatic nitrogens is 2. The van der Waals surface area contributed by atoms with E-state index in [4.69, 9.17) is 19.4 Å². The average molecular weight is 617 g/mol. The zero-order valence-electron chi connectivity index (χ0n) is 28.3. The fourth-order valence-corrected chi connectivity index (χ4v) is 9.26. The molecule has 9 rings (SSSR count). The lowest BCUT2D eigenvalue weighted by molar-refractivity contribution is 0.319. The van der Waals surface area contributed by atoms with Gasteiger partial charge in [0.05, 0.1) is 5.46 Å². The molecule has 3 heterocycles. The molecule has 0 amide bonds. The van der Waals surface area contributed by atoms with Gasteiger partial charge in [-0.1, -0.05) is 114 Å². The number of ether oxygens (including phenoxy) is 2. The van der Waals surface area contributed by atoms with Crippen LogP contribution in [0.4, 0.5) is 0 Å². The Labute approximate surface area is 278 Å². The van der Waals surface area contributed by atoms with Gasteiger partial charge < -0.3 is 9.47 Å². The van der Waals surface area contributed by atoms with Crippen LogP contribution in [0, 0.1) is 0 Å². The first-order chi connectivity index (χ1) is 22.6. The minimum atomic E-state index is -0.118. The summed E-state index contributed by atoms with van der Waals surface area (Å²) in [4.78, 5) is 9.55. The maximum atomic E-state index is 6.99. The summed E-state index contributed by atoms with van der Waals surface area (Å²) >= 11 is 0. The molecule has 0 unspecified atom stereocenters. The number of hydrogen-bond donors (Lipinski definition) is 0. The lowest BCUT2D eigenvalue weighted by Gasteiger charge is -2.46. The highest BCUT2D eigenvalue weighted by Gasteiger charge is 2.50. The molecule has 5 aromatic rings. The molecule has 234 valence electrons. The third-order valence-electron chi connectivity index (χ3n) is 11.6. The van der Waals surface area contributed by atoms with Crippen molar-refractivity contribution in [1.82, 2.24) is 9.97 Å². The van der Waals surface area contributed by atoms with Crippen molar-refractivity contribution in [3.8, 4) is 45.5 Å². The van der Waals surface area contributed by atoms with Gasteiger partial charge in [0.15, 0.2) is 0 Å². The highest BCUT2D eigenvalue weighted by Crippen LogP contribution is 2.54. The van der Waals surface area contributed by atoms with E-state index in [0.717, 1.165) is 42.6 Å². The third kappa shape index (κ3) is 4.14. The van der Waals surface area contributed by atoms with Crippen molar-refractivity contribution in [3.05, 3.63) is 101 Å². The number of rotatable bonds is 2. The van der Waals surface area contributed by atoms with Crippen molar-refractivity contribution in [2.75, 3.05) is 0 Å². The van der Waals surface area contributed by atoms with Gasteiger partial charge >= 0.3 is 0 Å². The van der Waals surface area contributed by atoms with Crippen molar-refractivity contribution in [3.63, 3.8) is 0 Å². The molecule has 1 aromatic heterocycles. The van der Waals surface area contributed by atoms with E-state index in [1.165, 1.54) is 61.9 Å². The number of benzene rings is 4. The van der Waals surface area contributed by atoms with Gasteiger partial charge in [0.1, 0.15) is 17.8 Å². The first kappa shape index (κ1) is 28.8. The van der Waals surface area contributed by atoms with Crippen LogP contribution in [0.25, 0.3) is 22.3 Å². The lowest BCUT2D eigenvalue weighted by atomic mass is 9.34. The second-order valence-corrected chi connectivity index (χ2v) is 16.1. The van der Waals surface area contributed by atoms with Crippen LogP contribution in [-0.4, -0.2) is 16.7 Å². The van der Waals surface area contributed by atoms with Crippen LogP contribution >= 0.6 is 0 Å². The SMILES string of the molecule is CC1(C)CCCc2c(-c3ccccc3)cc3c(c21)Oc1ncnc2c1B3c1cc(-c3ccccc3)c3c(c1O2)C(C)(C)CCC3(C)C. The second kappa shape index (κ2) is 9.82. The van der Waals surface area contributed by atoms with Gasteiger partial charge in [0, 0.05) is 11.1 Å². The molecule has 0 radical (unpaired) electrons. The minimum absolute atomic E-state index is 0.0112. The van der Waals surface area contributed by atoms with Gasteiger partial charge in [-0.05, 0) is 92.7 Å². The predicted octanol–water partition coefficient (Wildman–Crippen LogP) is 8.50. The zero-order valence-corrected chi connectivity index (χ0v) is 28.3. The summed E-state index contributed by atoms with van der Waals surface area (Å²) in [5.41, 5.74) is 13.8. The van der Waals surface area contributed by atoms with Gasteiger partial charge in [-0.15, -0.1) is 0 Å². The maximum absolute atomic E-state index is 6.99. The summed E-state index contributed by atoms with van der Waals surface area (Å²) in [5, 5.41) is 0. The molecule has 4 nitrogen and oxygen atoms in total. The monoisotopic (exact) mass is 616 g/mol. The fraction of sp³-hybridized carbons (Fsp3) is 0.333. The maximum Gasteiger partial charge on any atom is 0.265 e. The van der Waals surface area contributed by atoms with Gasteiger partial charge in [-0.2, -0.15) is 0 Å². The summed E-state index contributed by atoms with van der Waals surface area (Å²) in [6, 6.07) is 26.7. The van der Waals surface area contributed by atoms with Gasteiger partial charge in [0.2, 0.25) is 11.8 Å². The molecule has 0 bridgehead atoms. The van der Waals surface area contributed by atoms with Gasteiger partial charge in [-0.3, -0.25) is 0 Å². The van der Waals surface area contributed by atoms with Gasteiger partial charge in [0.25, 0.3) is 6.71 Å². The Bertz CT molecular complexity index is 2100. The molecule has 5 heteroatoms. The molecule has 0 saturated carbocycles. The van der Waals surface area contributed by atoms with E-state index in [9.17, 15) is 0 Å². The topological polar surface area (TPSA) is 44.2 Å². The molecular formula is C42H41BN2O2. The standard InChI is InChI=1S/C42H41BN2O2/c1-40(2)19-13-18-27-28(25-14-9-7-10-15-25)22-30-36(33(27)40)46-38-35-39(45-24-44-38)47-37-31(43(30)35)23-29(26-16-11-8-12-17-26)32-34(37)42(5,6)21-20-41(32,3)4/h7-12,14-17,22-24H,13,18-21H2,1-6H3. The van der Waals surface area contributed by atoms with Crippen LogP contribution in [-0.2, 0) is 22.7 Å². The summed E-state index contributed by atoms with van der Waals surface area (Å²) < 4.78 is 13.9. The Morgan fingerprint density at radius 2 is 1.11 bits per heavy atom. The van der Waals surface area contributed by atoms with Crippen molar-refractivity contribution < 1.29 is 9.47 Å². The normalized spacial score (nSPS) is 18.8. The second-order valence-electron chi connectivity index (χ2n) is 16.1. The quantitative estimate of drug-likeness (QED) is 0.183. The fourth-order valence-electron chi connectivity index (χ4n) is 9.26. The highest BCUT2D eigenvalue weighted by atomic mass is 16.5. The zero-order chi connectivity index (χ0) is 32.3. The molecule has 0 spiro atoms. The molecule has 2 aliphatic heterocycles. The average Bonchev–Trinajstić information content (AvgIpc) is 3.06.